The van der Waals surface area contributed by atoms with E-state index in [1.807, 2.05) is 37.3 Å². The fourth-order valence-corrected chi connectivity index (χ4v) is 3.94. The molecule has 6 heteroatoms. The number of nitrogens with one attached hydrogen (secondary N) is 1. The first-order valence-corrected chi connectivity index (χ1v) is 10.1. The van der Waals surface area contributed by atoms with Gasteiger partial charge >= 0.3 is 0 Å². The van der Waals surface area contributed by atoms with Crippen LogP contribution in [0.4, 0.5) is 0 Å². The van der Waals surface area contributed by atoms with Crippen LogP contribution in [0.1, 0.15) is 30.5 Å². The third-order valence-corrected chi connectivity index (χ3v) is 5.27. The summed E-state index contributed by atoms with van der Waals surface area (Å²) in [7, 11) is 3.38. The lowest BCUT2D eigenvalue weighted by molar-refractivity contribution is 0.228. The predicted octanol–water partition coefficient (Wildman–Crippen LogP) is 4.14. The van der Waals surface area contributed by atoms with Gasteiger partial charge in [-0.25, -0.2) is 0 Å². The van der Waals surface area contributed by atoms with Crippen LogP contribution >= 0.6 is 11.6 Å². The van der Waals surface area contributed by atoms with E-state index < -0.39 is 0 Å². The molecule has 1 aliphatic rings. The van der Waals surface area contributed by atoms with Crippen molar-refractivity contribution < 1.29 is 14.2 Å². The van der Waals surface area contributed by atoms with Gasteiger partial charge in [-0.05, 0) is 56.3 Å². The Morgan fingerprint density at radius 3 is 2.54 bits per heavy atom. The van der Waals surface area contributed by atoms with Crippen LogP contribution in [-0.2, 0) is 0 Å². The summed E-state index contributed by atoms with van der Waals surface area (Å²) in [6, 6.07) is 11.7. The molecule has 1 N–H and O–H groups in total. The van der Waals surface area contributed by atoms with Gasteiger partial charge in [-0.2, -0.15) is 0 Å². The number of halogens is 1. The van der Waals surface area contributed by atoms with E-state index in [9.17, 15) is 0 Å². The average molecular weight is 405 g/mol. The second-order valence-corrected chi connectivity index (χ2v) is 7.20. The third kappa shape index (κ3) is 4.72. The molecule has 2 aromatic carbocycles. The Morgan fingerprint density at radius 2 is 1.79 bits per heavy atom. The predicted molar refractivity (Wildman–Crippen MR) is 113 cm³/mol. The molecule has 2 aromatic rings. The summed E-state index contributed by atoms with van der Waals surface area (Å²) in [6.07, 6.45) is 1.08. The summed E-state index contributed by atoms with van der Waals surface area (Å²) in [5.74, 6) is 2.47. The smallest absolute Gasteiger partial charge is 0.124 e. The van der Waals surface area contributed by atoms with Crippen LogP contribution in [0.25, 0.3) is 0 Å². The number of ether oxygens (including phenoxy) is 3. The van der Waals surface area contributed by atoms with Crippen molar-refractivity contribution in [3.63, 3.8) is 0 Å². The van der Waals surface area contributed by atoms with Gasteiger partial charge in [0.25, 0.3) is 0 Å². The van der Waals surface area contributed by atoms with E-state index in [1.54, 1.807) is 14.2 Å². The van der Waals surface area contributed by atoms with Crippen molar-refractivity contribution in [2.75, 3.05) is 47.0 Å². The van der Waals surface area contributed by atoms with E-state index in [2.05, 4.69) is 16.3 Å². The maximum Gasteiger partial charge on any atom is 0.124 e. The number of hydrogen-bond acceptors (Lipinski definition) is 5. The fourth-order valence-electron chi connectivity index (χ4n) is 3.76. The van der Waals surface area contributed by atoms with Crippen molar-refractivity contribution in [2.24, 2.45) is 0 Å². The molecule has 1 unspecified atom stereocenters. The molecule has 0 radical (unpaired) electrons. The maximum atomic E-state index is 6.41. The lowest BCUT2D eigenvalue weighted by atomic mass is 9.94. The highest BCUT2D eigenvalue weighted by Gasteiger charge is 2.29. The Kier molecular flexibility index (Phi) is 7.43. The highest BCUT2D eigenvalue weighted by Crippen LogP contribution is 2.41. The summed E-state index contributed by atoms with van der Waals surface area (Å²) in [4.78, 5) is 2.46. The summed E-state index contributed by atoms with van der Waals surface area (Å²) in [5.41, 5.74) is 2.09. The van der Waals surface area contributed by atoms with Crippen LogP contribution in [0.3, 0.4) is 0 Å². The van der Waals surface area contributed by atoms with Crippen molar-refractivity contribution in [3.05, 3.63) is 52.5 Å². The zero-order valence-corrected chi connectivity index (χ0v) is 17.6. The monoisotopic (exact) mass is 404 g/mol. The Morgan fingerprint density at radius 1 is 1.00 bits per heavy atom. The quantitative estimate of drug-likeness (QED) is 0.751. The second-order valence-electron chi connectivity index (χ2n) is 6.77. The molecule has 5 nitrogen and oxygen atoms in total. The van der Waals surface area contributed by atoms with E-state index in [1.165, 1.54) is 0 Å². The second kappa shape index (κ2) is 10.0. The summed E-state index contributed by atoms with van der Waals surface area (Å²) >= 11 is 6.41. The van der Waals surface area contributed by atoms with Gasteiger partial charge in [0.1, 0.15) is 17.2 Å². The number of benzene rings is 2. The van der Waals surface area contributed by atoms with E-state index in [-0.39, 0.29) is 6.04 Å². The zero-order valence-electron chi connectivity index (χ0n) is 16.8. The first-order valence-electron chi connectivity index (χ1n) is 9.76. The molecule has 1 heterocycles. The molecule has 0 spiro atoms. The zero-order chi connectivity index (χ0) is 19.9. The minimum atomic E-state index is -0.0507. The summed E-state index contributed by atoms with van der Waals surface area (Å²) in [6.45, 7) is 6.44. The van der Waals surface area contributed by atoms with Crippen LogP contribution in [0.15, 0.2) is 36.4 Å². The van der Waals surface area contributed by atoms with Crippen LogP contribution in [-0.4, -0.2) is 51.9 Å². The Balaban J connectivity index is 2.18. The number of rotatable bonds is 7. The van der Waals surface area contributed by atoms with Gasteiger partial charge in [-0.1, -0.05) is 11.6 Å². The topological polar surface area (TPSA) is 43.0 Å². The molecule has 3 rings (SSSR count). The molecule has 1 atom stereocenters. The van der Waals surface area contributed by atoms with E-state index >= 15 is 0 Å². The standard InChI is InChI=1S/C22H29ClN2O3/c1-4-28-21-8-6-16(23)14-18(21)22(25-12-5-10-24-11-13-25)19-15-17(26-2)7-9-20(19)27-3/h6-9,14-15,22,24H,4-5,10-13H2,1-3H3. The molecular weight excluding hydrogens is 376 g/mol. The van der Waals surface area contributed by atoms with Crippen molar-refractivity contribution >= 4 is 11.6 Å². The van der Waals surface area contributed by atoms with E-state index in [0.717, 1.165) is 61.0 Å². The van der Waals surface area contributed by atoms with Gasteiger partial charge in [0.05, 0.1) is 26.9 Å². The molecule has 1 aliphatic heterocycles. The molecule has 0 saturated carbocycles. The van der Waals surface area contributed by atoms with Crippen molar-refractivity contribution in [2.45, 2.75) is 19.4 Å². The molecule has 0 aromatic heterocycles. The first kappa shape index (κ1) is 20.8. The minimum absolute atomic E-state index is 0.0507. The summed E-state index contributed by atoms with van der Waals surface area (Å²) in [5, 5.41) is 4.18. The molecule has 0 amide bonds. The maximum absolute atomic E-state index is 6.41. The Bertz CT molecular complexity index is 776. The molecular formula is C22H29ClN2O3. The van der Waals surface area contributed by atoms with E-state index in [4.69, 9.17) is 25.8 Å². The number of hydrogen-bond donors (Lipinski definition) is 1. The van der Waals surface area contributed by atoms with Crippen molar-refractivity contribution in [1.82, 2.24) is 10.2 Å². The third-order valence-electron chi connectivity index (χ3n) is 5.04. The van der Waals surface area contributed by atoms with Crippen molar-refractivity contribution in [3.8, 4) is 17.2 Å². The normalized spacial score (nSPS) is 16.3. The lowest BCUT2D eigenvalue weighted by Gasteiger charge is -2.33. The molecule has 1 saturated heterocycles. The molecule has 1 fully saturated rings. The van der Waals surface area contributed by atoms with Crippen molar-refractivity contribution in [1.29, 1.82) is 0 Å². The van der Waals surface area contributed by atoms with Crippen LogP contribution in [0, 0.1) is 0 Å². The van der Waals surface area contributed by atoms with E-state index in [0.29, 0.717) is 11.6 Å². The first-order chi connectivity index (χ1) is 13.7. The van der Waals surface area contributed by atoms with Crippen LogP contribution < -0.4 is 19.5 Å². The Hall–Kier alpha value is -1.95. The SMILES string of the molecule is CCOc1ccc(Cl)cc1C(c1cc(OC)ccc1OC)N1CCCNCC1. The molecule has 152 valence electrons. The van der Waals surface area contributed by atoms with Gasteiger partial charge in [0.2, 0.25) is 0 Å². The van der Waals surface area contributed by atoms with Gasteiger partial charge in [0.15, 0.2) is 0 Å². The average Bonchev–Trinajstić information content (AvgIpc) is 2.99. The van der Waals surface area contributed by atoms with Crippen LogP contribution in [0.2, 0.25) is 5.02 Å². The number of methoxy groups -OCH3 is 2. The van der Waals surface area contributed by atoms with Gasteiger partial charge < -0.3 is 19.5 Å². The largest absolute Gasteiger partial charge is 0.497 e. The summed E-state index contributed by atoms with van der Waals surface area (Å²) < 4.78 is 17.2. The van der Waals surface area contributed by atoms with Crippen LogP contribution in [0.5, 0.6) is 17.2 Å². The lowest BCUT2D eigenvalue weighted by Crippen LogP contribution is -2.33. The highest BCUT2D eigenvalue weighted by atomic mass is 35.5. The molecule has 0 bridgehead atoms. The molecule has 28 heavy (non-hydrogen) atoms. The minimum Gasteiger partial charge on any atom is -0.497 e. The molecule has 0 aliphatic carbocycles. The van der Waals surface area contributed by atoms with Gasteiger partial charge in [0, 0.05) is 35.8 Å². The van der Waals surface area contributed by atoms with Gasteiger partial charge in [-0.15, -0.1) is 0 Å². The Labute approximate surface area is 172 Å². The number of nitrogens with zero attached hydrogens (tertiary/aromatic N) is 1. The highest BCUT2D eigenvalue weighted by molar-refractivity contribution is 6.30. The fraction of sp³-hybridized carbons (Fsp3) is 0.455. The van der Waals surface area contributed by atoms with Gasteiger partial charge in [-0.3, -0.25) is 4.90 Å².